The predicted molar refractivity (Wildman–Crippen MR) is 127 cm³/mol. The molecule has 1 atom stereocenters. The van der Waals surface area contributed by atoms with E-state index in [1.54, 1.807) is 11.6 Å². The van der Waals surface area contributed by atoms with Crippen LogP contribution in [0.2, 0.25) is 5.02 Å². The number of nitrogens with zero attached hydrogens (tertiary/aromatic N) is 3. The maximum Gasteiger partial charge on any atom is 0.221 e. The number of ether oxygens (including phenoxy) is 1. The Hall–Kier alpha value is -3.19. The molecule has 0 unspecified atom stereocenters. The topological polar surface area (TPSA) is 89.0 Å². The molecule has 1 amide bonds. The van der Waals surface area contributed by atoms with Gasteiger partial charge >= 0.3 is 0 Å². The molecule has 1 aliphatic rings. The number of thiophene rings is 1. The first kappa shape index (κ1) is 20.7. The summed E-state index contributed by atoms with van der Waals surface area (Å²) in [6.45, 7) is 0.367. The molecule has 5 rings (SSSR count). The average Bonchev–Trinajstić information content (AvgIpc) is 3.53. The monoisotopic (exact) mass is 481 g/mol. The molecule has 7 nitrogen and oxygen atoms in total. The third-order valence-electron chi connectivity index (χ3n) is 4.73. The normalized spacial score (nSPS) is 15.3. The number of aromatic nitrogens is 3. The molecule has 10 heteroatoms. The van der Waals surface area contributed by atoms with Crippen LogP contribution in [0, 0.1) is 11.8 Å². The van der Waals surface area contributed by atoms with Gasteiger partial charge in [-0.2, -0.15) is 0 Å². The van der Waals surface area contributed by atoms with Crippen molar-refractivity contribution >= 4 is 61.9 Å². The molecule has 3 aromatic heterocycles. The number of carbonyl (C=O) groups excluding carboxylic acids is 1. The molecular formula is C22H16ClN5O2S2. The van der Waals surface area contributed by atoms with Gasteiger partial charge in [0.25, 0.3) is 0 Å². The van der Waals surface area contributed by atoms with E-state index >= 15 is 0 Å². The number of thiazole rings is 1. The van der Waals surface area contributed by atoms with Gasteiger partial charge in [-0.15, -0.1) is 22.7 Å². The summed E-state index contributed by atoms with van der Waals surface area (Å²) in [4.78, 5) is 25.1. The van der Waals surface area contributed by atoms with Crippen LogP contribution in [-0.2, 0) is 11.4 Å². The number of anilines is 2. The molecule has 32 heavy (non-hydrogen) atoms. The first-order valence-electron chi connectivity index (χ1n) is 9.76. The zero-order chi connectivity index (χ0) is 21.9. The van der Waals surface area contributed by atoms with Gasteiger partial charge in [0.05, 0.1) is 37.4 Å². The third-order valence-corrected chi connectivity index (χ3v) is 6.71. The number of amides is 1. The van der Waals surface area contributed by atoms with Gasteiger partial charge in [-0.25, -0.2) is 15.0 Å². The van der Waals surface area contributed by atoms with E-state index in [1.807, 2.05) is 23.6 Å². The van der Waals surface area contributed by atoms with E-state index in [-0.39, 0.29) is 11.9 Å². The summed E-state index contributed by atoms with van der Waals surface area (Å²) < 4.78 is 6.65. The van der Waals surface area contributed by atoms with Gasteiger partial charge in [-0.05, 0) is 30.7 Å². The van der Waals surface area contributed by atoms with Crippen LogP contribution in [-0.4, -0.2) is 26.9 Å². The van der Waals surface area contributed by atoms with Crippen LogP contribution in [0.15, 0.2) is 41.5 Å². The van der Waals surface area contributed by atoms with Crippen molar-refractivity contribution in [2.45, 2.75) is 25.5 Å². The second-order valence-electron chi connectivity index (χ2n) is 7.01. The van der Waals surface area contributed by atoms with Crippen LogP contribution in [0.3, 0.4) is 0 Å². The minimum absolute atomic E-state index is 0.0520. The van der Waals surface area contributed by atoms with Gasteiger partial charge in [0, 0.05) is 17.5 Å². The highest BCUT2D eigenvalue weighted by Gasteiger charge is 2.18. The second kappa shape index (κ2) is 9.12. The third kappa shape index (κ3) is 4.67. The van der Waals surface area contributed by atoms with Crippen molar-refractivity contribution in [3.63, 3.8) is 0 Å². The number of carbonyl (C=O) groups is 1. The molecule has 160 valence electrons. The first-order valence-corrected chi connectivity index (χ1v) is 11.9. The molecule has 0 spiro atoms. The van der Waals surface area contributed by atoms with Gasteiger partial charge in [0.2, 0.25) is 5.91 Å². The number of halogens is 1. The van der Waals surface area contributed by atoms with Crippen LogP contribution < -0.4 is 15.4 Å². The van der Waals surface area contributed by atoms with Crippen molar-refractivity contribution in [2.24, 2.45) is 0 Å². The van der Waals surface area contributed by atoms with E-state index in [0.717, 1.165) is 32.9 Å². The SMILES string of the molecule is O=C1CC[C@@H](C#Cc2cc3ncnc(Nc4ccc(OCc5cscn5)c(Cl)c4)c3s2)N1. The fourth-order valence-corrected chi connectivity index (χ4v) is 4.87. The molecule has 1 aromatic carbocycles. The highest BCUT2D eigenvalue weighted by Crippen LogP contribution is 2.33. The van der Waals surface area contributed by atoms with Gasteiger partial charge < -0.3 is 15.4 Å². The summed E-state index contributed by atoms with van der Waals surface area (Å²) in [5, 5.41) is 8.59. The predicted octanol–water partition coefficient (Wildman–Crippen LogP) is 4.75. The lowest BCUT2D eigenvalue weighted by Crippen LogP contribution is -2.23. The van der Waals surface area contributed by atoms with Crippen molar-refractivity contribution in [3.8, 4) is 17.6 Å². The number of nitrogens with one attached hydrogen (secondary N) is 2. The summed E-state index contributed by atoms with van der Waals surface area (Å²) >= 11 is 9.44. The Labute approximate surface area is 196 Å². The molecule has 1 aliphatic heterocycles. The van der Waals surface area contributed by atoms with Gasteiger partial charge in [-0.1, -0.05) is 23.4 Å². The average molecular weight is 482 g/mol. The molecule has 4 aromatic rings. The largest absolute Gasteiger partial charge is 0.486 e. The molecule has 0 aliphatic carbocycles. The van der Waals surface area contributed by atoms with Crippen LogP contribution in [0.25, 0.3) is 10.2 Å². The van der Waals surface area contributed by atoms with E-state index in [4.69, 9.17) is 16.3 Å². The zero-order valence-electron chi connectivity index (χ0n) is 16.6. The Balaban J connectivity index is 1.32. The first-order chi connectivity index (χ1) is 15.6. The van der Waals surface area contributed by atoms with E-state index in [9.17, 15) is 4.79 Å². The number of hydrogen-bond acceptors (Lipinski definition) is 8. The Kier molecular flexibility index (Phi) is 5.90. The number of rotatable bonds is 5. The van der Waals surface area contributed by atoms with Crippen LogP contribution in [0.5, 0.6) is 5.75 Å². The summed E-state index contributed by atoms with van der Waals surface area (Å²) in [5.41, 5.74) is 4.22. The molecule has 1 fully saturated rings. The Morgan fingerprint density at radius 3 is 3.00 bits per heavy atom. The van der Waals surface area contributed by atoms with Crippen molar-refractivity contribution < 1.29 is 9.53 Å². The van der Waals surface area contributed by atoms with Crippen LogP contribution in [0.4, 0.5) is 11.5 Å². The summed E-state index contributed by atoms with van der Waals surface area (Å²) in [5.74, 6) is 7.58. The molecule has 0 radical (unpaired) electrons. The van der Waals surface area contributed by atoms with E-state index in [1.165, 1.54) is 29.0 Å². The zero-order valence-corrected chi connectivity index (χ0v) is 19.0. The number of hydrogen-bond donors (Lipinski definition) is 2. The Morgan fingerprint density at radius 1 is 1.28 bits per heavy atom. The minimum atomic E-state index is -0.0882. The fourth-order valence-electron chi connectivity index (χ4n) is 3.18. The van der Waals surface area contributed by atoms with Crippen molar-refractivity contribution in [3.05, 3.63) is 57.1 Å². The lowest BCUT2D eigenvalue weighted by Gasteiger charge is -2.10. The molecule has 1 saturated heterocycles. The van der Waals surface area contributed by atoms with Gasteiger partial charge in [-0.3, -0.25) is 4.79 Å². The van der Waals surface area contributed by atoms with Crippen molar-refractivity contribution in [2.75, 3.05) is 5.32 Å². The maximum absolute atomic E-state index is 11.3. The number of fused-ring (bicyclic) bond motifs is 1. The Bertz CT molecular complexity index is 1340. The van der Waals surface area contributed by atoms with E-state index in [0.29, 0.717) is 29.6 Å². The quantitative estimate of drug-likeness (QED) is 0.400. The molecular weight excluding hydrogens is 466 g/mol. The fraction of sp³-hybridized carbons (Fsp3) is 0.182. The standard InChI is InChI=1S/C22H16ClN5O2S2/c23-17-7-14(2-5-19(17)30-9-15-10-31-12-26-15)28-22-21-18(24-11-25-22)8-16(32-21)4-1-13-3-6-20(29)27-13/h2,5,7-8,10-13H,3,6,9H2,(H,27,29)(H,24,25,28)/t13-/m1/s1. The van der Waals surface area contributed by atoms with Crippen molar-refractivity contribution in [1.82, 2.24) is 20.3 Å². The van der Waals surface area contributed by atoms with Gasteiger partial charge in [0.1, 0.15) is 18.7 Å². The summed E-state index contributed by atoms with van der Waals surface area (Å²) in [6.07, 6.45) is 2.79. The second-order valence-corrected chi connectivity index (χ2v) is 9.19. The van der Waals surface area contributed by atoms with Gasteiger partial charge in [0.15, 0.2) is 5.82 Å². The van der Waals surface area contributed by atoms with E-state index in [2.05, 4.69) is 37.4 Å². The molecule has 0 saturated carbocycles. The van der Waals surface area contributed by atoms with Crippen molar-refractivity contribution in [1.29, 1.82) is 0 Å². The molecule has 4 heterocycles. The molecule has 2 N–H and O–H groups in total. The highest BCUT2D eigenvalue weighted by molar-refractivity contribution is 7.20. The van der Waals surface area contributed by atoms with E-state index < -0.39 is 0 Å². The van der Waals surface area contributed by atoms with Crippen LogP contribution >= 0.6 is 34.3 Å². The lowest BCUT2D eigenvalue weighted by atomic mass is 10.2. The molecule has 0 bridgehead atoms. The maximum atomic E-state index is 11.3. The lowest BCUT2D eigenvalue weighted by molar-refractivity contribution is -0.119. The Morgan fingerprint density at radius 2 is 2.22 bits per heavy atom. The highest BCUT2D eigenvalue weighted by atomic mass is 35.5. The minimum Gasteiger partial charge on any atom is -0.486 e. The van der Waals surface area contributed by atoms with Crippen LogP contribution in [0.1, 0.15) is 23.4 Å². The smallest absolute Gasteiger partial charge is 0.221 e. The summed E-state index contributed by atoms with van der Waals surface area (Å²) in [7, 11) is 0. The summed E-state index contributed by atoms with van der Waals surface area (Å²) in [6, 6.07) is 7.33. The number of benzene rings is 1.